The van der Waals surface area contributed by atoms with E-state index in [1.54, 1.807) is 43.5 Å². The van der Waals surface area contributed by atoms with Gasteiger partial charge in [0.15, 0.2) is 6.10 Å². The molecule has 9 nitrogen and oxygen atoms in total. The number of benzene rings is 3. The molecule has 2 heterocycles. The number of halogens is 1. The number of nitrogens with one attached hydrogen (secondary N) is 1. The van der Waals surface area contributed by atoms with Crippen molar-refractivity contribution in [2.24, 2.45) is 0 Å². The zero-order valence-corrected chi connectivity index (χ0v) is 21.2. The van der Waals surface area contributed by atoms with Crippen molar-refractivity contribution in [3.8, 4) is 22.1 Å². The first-order valence-corrected chi connectivity index (χ1v) is 13.3. The van der Waals surface area contributed by atoms with Gasteiger partial charge in [0.25, 0.3) is 15.9 Å². The minimum absolute atomic E-state index is 0.0519. The molecule has 1 unspecified atom stereocenters. The third-order valence-electron chi connectivity index (χ3n) is 5.42. The summed E-state index contributed by atoms with van der Waals surface area (Å²) in [5.41, 5.74) is 1.16. The second kappa shape index (κ2) is 9.76. The van der Waals surface area contributed by atoms with Gasteiger partial charge in [-0.25, -0.2) is 8.42 Å². The summed E-state index contributed by atoms with van der Waals surface area (Å²) in [6.07, 6.45) is -1.12. The van der Waals surface area contributed by atoms with Crippen LogP contribution in [0, 0.1) is 0 Å². The fourth-order valence-electron chi connectivity index (χ4n) is 3.61. The van der Waals surface area contributed by atoms with E-state index in [-0.39, 0.29) is 22.3 Å². The van der Waals surface area contributed by atoms with Crippen LogP contribution in [0.1, 0.15) is 0 Å². The second-order valence-electron chi connectivity index (χ2n) is 7.69. The molecule has 1 aliphatic rings. The van der Waals surface area contributed by atoms with Gasteiger partial charge in [-0.2, -0.15) is 0 Å². The number of ether oxygens (including phenoxy) is 2. The third kappa shape index (κ3) is 4.72. The van der Waals surface area contributed by atoms with Gasteiger partial charge in [-0.1, -0.05) is 35.1 Å². The number of methoxy groups -OCH3 is 1. The molecule has 1 atom stereocenters. The largest absolute Gasteiger partial charge is 0.497 e. The Morgan fingerprint density at radius 2 is 1.81 bits per heavy atom. The van der Waals surface area contributed by atoms with Crippen molar-refractivity contribution in [3.63, 3.8) is 0 Å². The fourth-order valence-corrected chi connectivity index (χ4v) is 5.96. The summed E-state index contributed by atoms with van der Waals surface area (Å²) in [6, 6.07) is 19.8. The highest BCUT2D eigenvalue weighted by atomic mass is 35.5. The standard InChI is InChI=1S/C24H19ClN4O5S2/c1-33-17-10-6-15(7-11-17)23-27-28-24(35-23)26-22(30)21-14-29(19-4-2-3-5-20(19)34-21)36(31,32)18-12-8-16(25)9-13-18/h2-13,21H,14H2,1H3,(H,26,28,30). The van der Waals surface area contributed by atoms with Crippen LogP contribution in [0.4, 0.5) is 10.8 Å². The van der Waals surface area contributed by atoms with E-state index in [4.69, 9.17) is 21.1 Å². The number of hydrogen-bond donors (Lipinski definition) is 1. The zero-order chi connectivity index (χ0) is 25.3. The van der Waals surface area contributed by atoms with E-state index in [0.717, 1.165) is 5.56 Å². The van der Waals surface area contributed by atoms with Crippen molar-refractivity contribution in [2.75, 3.05) is 23.3 Å². The predicted molar refractivity (Wildman–Crippen MR) is 137 cm³/mol. The molecule has 0 radical (unpaired) electrons. The number of sulfonamides is 1. The van der Waals surface area contributed by atoms with Gasteiger partial charge in [-0.15, -0.1) is 10.2 Å². The van der Waals surface area contributed by atoms with E-state index in [1.807, 2.05) is 12.1 Å². The molecule has 0 saturated heterocycles. The summed E-state index contributed by atoms with van der Waals surface area (Å²) in [5.74, 6) is 0.445. The monoisotopic (exact) mass is 542 g/mol. The average molecular weight is 543 g/mol. The zero-order valence-electron chi connectivity index (χ0n) is 18.8. The Balaban J connectivity index is 1.38. The number of carbonyl (C=O) groups is 1. The van der Waals surface area contributed by atoms with Crippen LogP contribution in [0.25, 0.3) is 10.6 Å². The van der Waals surface area contributed by atoms with Gasteiger partial charge in [0.2, 0.25) is 5.13 Å². The van der Waals surface area contributed by atoms with Crippen molar-refractivity contribution < 1.29 is 22.7 Å². The molecule has 184 valence electrons. The minimum atomic E-state index is -3.99. The molecule has 0 spiro atoms. The Morgan fingerprint density at radius 1 is 1.08 bits per heavy atom. The van der Waals surface area contributed by atoms with E-state index in [1.165, 1.54) is 39.9 Å². The van der Waals surface area contributed by atoms with Crippen LogP contribution in [0.2, 0.25) is 5.02 Å². The number of aromatic nitrogens is 2. The van der Waals surface area contributed by atoms with E-state index in [0.29, 0.717) is 21.5 Å². The van der Waals surface area contributed by atoms with Gasteiger partial charge in [0, 0.05) is 10.6 Å². The van der Waals surface area contributed by atoms with Crippen molar-refractivity contribution in [1.29, 1.82) is 0 Å². The van der Waals surface area contributed by atoms with Gasteiger partial charge in [-0.05, 0) is 60.7 Å². The molecule has 0 fully saturated rings. The highest BCUT2D eigenvalue weighted by molar-refractivity contribution is 7.92. The SMILES string of the molecule is COc1ccc(-c2nnc(NC(=O)C3CN(S(=O)(=O)c4ccc(Cl)cc4)c4ccccc4O3)s2)cc1. The third-order valence-corrected chi connectivity index (χ3v) is 8.35. The lowest BCUT2D eigenvalue weighted by Crippen LogP contribution is -2.48. The molecular formula is C24H19ClN4O5S2. The minimum Gasteiger partial charge on any atom is -0.497 e. The lowest BCUT2D eigenvalue weighted by atomic mass is 10.2. The lowest BCUT2D eigenvalue weighted by molar-refractivity contribution is -0.122. The van der Waals surface area contributed by atoms with Crippen LogP contribution in [-0.2, 0) is 14.8 Å². The lowest BCUT2D eigenvalue weighted by Gasteiger charge is -2.34. The smallest absolute Gasteiger partial charge is 0.269 e. The highest BCUT2D eigenvalue weighted by Gasteiger charge is 2.37. The molecule has 3 aromatic carbocycles. The van der Waals surface area contributed by atoms with Crippen LogP contribution < -0.4 is 19.1 Å². The van der Waals surface area contributed by atoms with Crippen LogP contribution in [-0.4, -0.2) is 44.3 Å². The Morgan fingerprint density at radius 3 is 2.53 bits per heavy atom. The van der Waals surface area contributed by atoms with Gasteiger partial charge in [0.05, 0.1) is 24.2 Å². The van der Waals surface area contributed by atoms with Crippen LogP contribution in [0.5, 0.6) is 11.5 Å². The van der Waals surface area contributed by atoms with Crippen LogP contribution >= 0.6 is 22.9 Å². The molecule has 1 amide bonds. The molecule has 0 saturated carbocycles. The molecule has 0 aliphatic carbocycles. The fraction of sp³-hybridized carbons (Fsp3) is 0.125. The maximum atomic E-state index is 13.5. The summed E-state index contributed by atoms with van der Waals surface area (Å²) >= 11 is 7.11. The van der Waals surface area contributed by atoms with Gasteiger partial charge >= 0.3 is 0 Å². The van der Waals surface area contributed by atoms with Crippen molar-refractivity contribution in [2.45, 2.75) is 11.0 Å². The number of para-hydroxylation sites is 2. The Kier molecular flexibility index (Phi) is 6.52. The summed E-state index contributed by atoms with van der Waals surface area (Å²) in [4.78, 5) is 13.2. The predicted octanol–water partition coefficient (Wildman–Crippen LogP) is 4.46. The number of carbonyl (C=O) groups excluding carboxylic acids is 1. The highest BCUT2D eigenvalue weighted by Crippen LogP contribution is 2.37. The molecule has 12 heteroatoms. The molecular weight excluding hydrogens is 524 g/mol. The van der Waals surface area contributed by atoms with Crippen LogP contribution in [0.15, 0.2) is 77.7 Å². The summed E-state index contributed by atoms with van der Waals surface area (Å²) < 4.78 is 39.1. The average Bonchev–Trinajstić information content (AvgIpc) is 3.36. The Hall–Kier alpha value is -3.67. The number of fused-ring (bicyclic) bond motifs is 1. The first-order chi connectivity index (χ1) is 17.3. The summed E-state index contributed by atoms with van der Waals surface area (Å²) in [7, 11) is -2.41. The number of nitrogens with zero attached hydrogens (tertiary/aromatic N) is 3. The molecule has 0 bridgehead atoms. The Labute approximate surface area is 216 Å². The van der Waals surface area contributed by atoms with E-state index >= 15 is 0 Å². The second-order valence-corrected chi connectivity index (χ2v) is 11.0. The quantitative estimate of drug-likeness (QED) is 0.383. The summed E-state index contributed by atoms with van der Waals surface area (Å²) in [5, 5.41) is 12.2. The molecule has 36 heavy (non-hydrogen) atoms. The topological polar surface area (TPSA) is 111 Å². The van der Waals surface area contributed by atoms with Crippen molar-refractivity contribution >= 4 is 49.7 Å². The molecule has 1 N–H and O–H groups in total. The number of hydrogen-bond acceptors (Lipinski definition) is 8. The number of amides is 1. The summed E-state index contributed by atoms with van der Waals surface area (Å²) in [6.45, 7) is -0.224. The Bertz CT molecular complexity index is 1510. The van der Waals surface area contributed by atoms with Crippen molar-refractivity contribution in [1.82, 2.24) is 10.2 Å². The first kappa shape index (κ1) is 24.0. The first-order valence-electron chi connectivity index (χ1n) is 10.7. The van der Waals surface area contributed by atoms with E-state index < -0.39 is 22.0 Å². The maximum absolute atomic E-state index is 13.5. The van der Waals surface area contributed by atoms with Crippen molar-refractivity contribution in [3.05, 3.63) is 77.8 Å². The molecule has 5 rings (SSSR count). The number of anilines is 2. The van der Waals surface area contributed by atoms with Crippen LogP contribution in [0.3, 0.4) is 0 Å². The van der Waals surface area contributed by atoms with E-state index in [9.17, 15) is 13.2 Å². The molecule has 1 aromatic heterocycles. The van der Waals surface area contributed by atoms with Gasteiger partial charge < -0.3 is 9.47 Å². The number of rotatable bonds is 6. The van der Waals surface area contributed by atoms with Gasteiger partial charge in [0.1, 0.15) is 16.5 Å². The normalized spacial score (nSPS) is 15.1. The van der Waals surface area contributed by atoms with Gasteiger partial charge in [-0.3, -0.25) is 14.4 Å². The molecule has 1 aliphatic heterocycles. The maximum Gasteiger partial charge on any atom is 0.269 e. The molecule has 4 aromatic rings. The van der Waals surface area contributed by atoms with E-state index in [2.05, 4.69) is 15.5 Å².